The van der Waals surface area contributed by atoms with Gasteiger partial charge in [-0.15, -0.1) is 0 Å². The Morgan fingerprint density at radius 2 is 1.94 bits per heavy atom. The van der Waals surface area contributed by atoms with Crippen molar-refractivity contribution in [1.82, 2.24) is 0 Å². The van der Waals surface area contributed by atoms with Crippen LogP contribution in [0.25, 0.3) is 0 Å². The number of ether oxygens (including phenoxy) is 1. The third-order valence-corrected chi connectivity index (χ3v) is 3.13. The fourth-order valence-corrected chi connectivity index (χ4v) is 1.87. The lowest BCUT2D eigenvalue weighted by Crippen LogP contribution is -2.16. The van der Waals surface area contributed by atoms with Gasteiger partial charge in [0.05, 0.1) is 12.7 Å². The minimum absolute atomic E-state index is 0.163. The van der Waals surface area contributed by atoms with Gasteiger partial charge >= 0.3 is 0 Å². The zero-order valence-corrected chi connectivity index (χ0v) is 10.9. The zero-order chi connectivity index (χ0) is 12.5. The lowest BCUT2D eigenvalue weighted by molar-refractivity contribution is 0.0852. The molecule has 1 aromatic carbocycles. The van der Waals surface area contributed by atoms with Crippen molar-refractivity contribution in [2.45, 2.75) is 45.8 Å². The largest absolute Gasteiger partial charge is 0.393 e. The summed E-state index contributed by atoms with van der Waals surface area (Å²) in [6.45, 7) is 5.58. The molecule has 0 bridgehead atoms. The maximum absolute atomic E-state index is 9.62. The normalized spacial score (nSPS) is 14.5. The molecule has 1 rings (SSSR count). The molecule has 0 spiro atoms. The molecule has 1 N–H and O–H groups in total. The van der Waals surface area contributed by atoms with Gasteiger partial charge in [0.2, 0.25) is 0 Å². The predicted octanol–water partition coefficient (Wildman–Crippen LogP) is 3.39. The average Bonchev–Trinajstić information content (AvgIpc) is 2.38. The SMILES string of the molecule is CCC(O)C(C)CCCOCc1ccccc1. The Morgan fingerprint density at radius 1 is 1.24 bits per heavy atom. The van der Waals surface area contributed by atoms with Crippen molar-refractivity contribution in [3.63, 3.8) is 0 Å². The zero-order valence-electron chi connectivity index (χ0n) is 10.9. The van der Waals surface area contributed by atoms with Gasteiger partial charge < -0.3 is 9.84 Å². The highest BCUT2D eigenvalue weighted by Gasteiger charge is 2.10. The van der Waals surface area contributed by atoms with Crippen molar-refractivity contribution in [1.29, 1.82) is 0 Å². The summed E-state index contributed by atoms with van der Waals surface area (Å²) in [6, 6.07) is 10.2. The minimum atomic E-state index is -0.163. The summed E-state index contributed by atoms with van der Waals surface area (Å²) in [5.74, 6) is 0.375. The van der Waals surface area contributed by atoms with E-state index in [1.165, 1.54) is 5.56 Å². The van der Waals surface area contributed by atoms with Gasteiger partial charge in [-0.3, -0.25) is 0 Å². The Labute approximate surface area is 105 Å². The third kappa shape index (κ3) is 5.85. The van der Waals surface area contributed by atoms with E-state index in [1.807, 2.05) is 25.1 Å². The highest BCUT2D eigenvalue weighted by Crippen LogP contribution is 2.13. The van der Waals surface area contributed by atoms with E-state index in [4.69, 9.17) is 4.74 Å². The Hall–Kier alpha value is -0.860. The molecule has 0 heterocycles. The van der Waals surface area contributed by atoms with Gasteiger partial charge in [-0.05, 0) is 30.7 Å². The van der Waals surface area contributed by atoms with E-state index in [0.29, 0.717) is 12.5 Å². The van der Waals surface area contributed by atoms with E-state index >= 15 is 0 Å². The molecule has 96 valence electrons. The maximum atomic E-state index is 9.62. The minimum Gasteiger partial charge on any atom is -0.393 e. The van der Waals surface area contributed by atoms with Gasteiger partial charge in [0, 0.05) is 6.61 Å². The van der Waals surface area contributed by atoms with E-state index in [9.17, 15) is 5.11 Å². The monoisotopic (exact) mass is 236 g/mol. The summed E-state index contributed by atoms with van der Waals surface area (Å²) >= 11 is 0. The van der Waals surface area contributed by atoms with E-state index in [1.54, 1.807) is 0 Å². The Kier molecular flexibility index (Phi) is 6.90. The molecule has 0 aliphatic carbocycles. The van der Waals surface area contributed by atoms with Crippen LogP contribution in [0.5, 0.6) is 0 Å². The second-order valence-corrected chi connectivity index (χ2v) is 4.63. The van der Waals surface area contributed by atoms with Gasteiger partial charge in [-0.1, -0.05) is 44.2 Å². The molecule has 0 radical (unpaired) electrons. The molecule has 0 amide bonds. The summed E-state index contributed by atoms with van der Waals surface area (Å²) in [5, 5.41) is 9.62. The molecular formula is C15H24O2. The number of rotatable bonds is 8. The van der Waals surface area contributed by atoms with Crippen molar-refractivity contribution in [2.75, 3.05) is 6.61 Å². The lowest BCUT2D eigenvalue weighted by atomic mass is 9.97. The van der Waals surface area contributed by atoms with Gasteiger partial charge in [0.25, 0.3) is 0 Å². The van der Waals surface area contributed by atoms with Gasteiger partial charge in [-0.25, -0.2) is 0 Å². The van der Waals surface area contributed by atoms with Gasteiger partial charge in [0.15, 0.2) is 0 Å². The molecule has 0 aliphatic rings. The molecule has 0 aromatic heterocycles. The van der Waals surface area contributed by atoms with Gasteiger partial charge in [0.1, 0.15) is 0 Å². The molecule has 0 saturated carbocycles. The van der Waals surface area contributed by atoms with Crippen LogP contribution in [0.2, 0.25) is 0 Å². The highest BCUT2D eigenvalue weighted by molar-refractivity contribution is 5.13. The van der Waals surface area contributed by atoms with Crippen molar-refractivity contribution in [2.24, 2.45) is 5.92 Å². The summed E-state index contributed by atoms with van der Waals surface area (Å²) in [6.07, 6.45) is 2.73. The van der Waals surface area contributed by atoms with E-state index in [2.05, 4.69) is 19.1 Å². The highest BCUT2D eigenvalue weighted by atomic mass is 16.5. The van der Waals surface area contributed by atoms with Crippen molar-refractivity contribution in [3.05, 3.63) is 35.9 Å². The third-order valence-electron chi connectivity index (χ3n) is 3.13. The van der Waals surface area contributed by atoms with Crippen LogP contribution in [-0.4, -0.2) is 17.8 Å². The number of aliphatic hydroxyl groups is 1. The summed E-state index contributed by atoms with van der Waals surface area (Å²) in [4.78, 5) is 0. The van der Waals surface area contributed by atoms with Crippen LogP contribution in [0.4, 0.5) is 0 Å². The number of hydrogen-bond acceptors (Lipinski definition) is 2. The summed E-state index contributed by atoms with van der Waals surface area (Å²) in [7, 11) is 0. The summed E-state index contributed by atoms with van der Waals surface area (Å²) in [5.41, 5.74) is 1.22. The smallest absolute Gasteiger partial charge is 0.0716 e. The van der Waals surface area contributed by atoms with E-state index < -0.39 is 0 Å². The molecule has 0 fully saturated rings. The average molecular weight is 236 g/mol. The quantitative estimate of drug-likeness (QED) is 0.701. The summed E-state index contributed by atoms with van der Waals surface area (Å²) < 4.78 is 5.60. The number of aliphatic hydroxyl groups excluding tert-OH is 1. The first-order chi connectivity index (χ1) is 8.24. The standard InChI is InChI=1S/C15H24O2/c1-3-15(16)13(2)8-7-11-17-12-14-9-5-4-6-10-14/h4-6,9-10,13,15-16H,3,7-8,11-12H2,1-2H3. The molecule has 2 nitrogen and oxygen atoms in total. The molecule has 0 saturated heterocycles. The van der Waals surface area contributed by atoms with Crippen LogP contribution in [-0.2, 0) is 11.3 Å². The maximum Gasteiger partial charge on any atom is 0.0716 e. The van der Waals surface area contributed by atoms with Crippen LogP contribution >= 0.6 is 0 Å². The predicted molar refractivity (Wildman–Crippen MR) is 70.8 cm³/mol. The molecule has 1 aromatic rings. The van der Waals surface area contributed by atoms with Crippen LogP contribution in [0.3, 0.4) is 0 Å². The van der Waals surface area contributed by atoms with Crippen LogP contribution < -0.4 is 0 Å². The first-order valence-corrected chi connectivity index (χ1v) is 6.53. The van der Waals surface area contributed by atoms with Crippen LogP contribution in [0.15, 0.2) is 30.3 Å². The Bertz CT molecular complexity index is 284. The lowest BCUT2D eigenvalue weighted by Gasteiger charge is -2.16. The van der Waals surface area contributed by atoms with Crippen molar-refractivity contribution >= 4 is 0 Å². The molecule has 2 unspecified atom stereocenters. The Balaban J connectivity index is 2.05. The van der Waals surface area contributed by atoms with Crippen LogP contribution in [0, 0.1) is 5.92 Å². The molecule has 17 heavy (non-hydrogen) atoms. The Morgan fingerprint density at radius 3 is 2.59 bits per heavy atom. The van der Waals surface area contributed by atoms with E-state index in [-0.39, 0.29) is 6.10 Å². The van der Waals surface area contributed by atoms with Crippen molar-refractivity contribution in [3.8, 4) is 0 Å². The molecule has 2 heteroatoms. The molecule has 2 atom stereocenters. The number of benzene rings is 1. The molecular weight excluding hydrogens is 212 g/mol. The topological polar surface area (TPSA) is 29.5 Å². The van der Waals surface area contributed by atoms with Crippen LogP contribution in [0.1, 0.15) is 38.7 Å². The first kappa shape index (κ1) is 14.2. The number of hydrogen-bond donors (Lipinski definition) is 1. The fourth-order valence-electron chi connectivity index (χ4n) is 1.87. The second kappa shape index (κ2) is 8.26. The van der Waals surface area contributed by atoms with E-state index in [0.717, 1.165) is 25.9 Å². The second-order valence-electron chi connectivity index (χ2n) is 4.63. The first-order valence-electron chi connectivity index (χ1n) is 6.53. The molecule has 0 aliphatic heterocycles. The fraction of sp³-hybridized carbons (Fsp3) is 0.600. The van der Waals surface area contributed by atoms with Gasteiger partial charge in [-0.2, -0.15) is 0 Å². The van der Waals surface area contributed by atoms with Crippen molar-refractivity contribution < 1.29 is 9.84 Å².